The van der Waals surface area contributed by atoms with E-state index in [-0.39, 0.29) is 12.2 Å². The Balaban J connectivity index is 2.20. The summed E-state index contributed by atoms with van der Waals surface area (Å²) in [7, 11) is 1.07. The highest BCUT2D eigenvalue weighted by Crippen LogP contribution is 2.22. The molecule has 21 heavy (non-hydrogen) atoms. The Morgan fingerprint density at radius 1 is 1.10 bits per heavy atom. The summed E-state index contributed by atoms with van der Waals surface area (Å²) in [5.41, 5.74) is -0.343. The Morgan fingerprint density at radius 3 is 2.48 bits per heavy atom. The third kappa shape index (κ3) is 3.16. The van der Waals surface area contributed by atoms with Crippen molar-refractivity contribution in [2.45, 2.75) is 6.54 Å². The van der Waals surface area contributed by atoms with Gasteiger partial charge in [0.25, 0.3) is 0 Å². The van der Waals surface area contributed by atoms with Crippen LogP contribution in [0.5, 0.6) is 0 Å². The first kappa shape index (κ1) is 14.9. The average molecular weight is 295 g/mol. The third-order valence-corrected chi connectivity index (χ3v) is 2.91. The van der Waals surface area contributed by atoms with Crippen LogP contribution in [0.3, 0.4) is 0 Å². The van der Waals surface area contributed by atoms with Gasteiger partial charge in [-0.15, -0.1) is 0 Å². The third-order valence-electron chi connectivity index (χ3n) is 2.91. The fourth-order valence-electron chi connectivity index (χ4n) is 1.79. The topological polar surface area (TPSA) is 38.3 Å². The van der Waals surface area contributed by atoms with E-state index in [1.807, 2.05) is 0 Å². The summed E-state index contributed by atoms with van der Waals surface area (Å²) >= 11 is 0. The van der Waals surface area contributed by atoms with Gasteiger partial charge in [0, 0.05) is 12.1 Å². The van der Waals surface area contributed by atoms with Crippen molar-refractivity contribution in [3.05, 3.63) is 65.0 Å². The average Bonchev–Trinajstić information content (AvgIpc) is 2.49. The van der Waals surface area contributed by atoms with Crippen molar-refractivity contribution in [1.82, 2.24) is 0 Å². The summed E-state index contributed by atoms with van der Waals surface area (Å²) < 4.78 is 45.3. The van der Waals surface area contributed by atoms with E-state index < -0.39 is 29.0 Å². The summed E-state index contributed by atoms with van der Waals surface area (Å²) in [5, 5.41) is 2.59. The van der Waals surface area contributed by atoms with Gasteiger partial charge in [-0.3, -0.25) is 0 Å². The van der Waals surface area contributed by atoms with Gasteiger partial charge in [-0.2, -0.15) is 0 Å². The van der Waals surface area contributed by atoms with Gasteiger partial charge in [0.2, 0.25) is 0 Å². The van der Waals surface area contributed by atoms with Crippen LogP contribution in [0.4, 0.5) is 18.9 Å². The number of nitrogens with one attached hydrogen (secondary N) is 1. The smallest absolute Gasteiger partial charge is 0.340 e. The number of benzene rings is 2. The van der Waals surface area contributed by atoms with Crippen LogP contribution in [0, 0.1) is 17.5 Å². The Hall–Kier alpha value is -2.50. The predicted molar refractivity (Wildman–Crippen MR) is 71.4 cm³/mol. The maximum atomic E-state index is 13.8. The Bertz CT molecular complexity index is 674. The fourth-order valence-corrected chi connectivity index (χ4v) is 1.79. The van der Waals surface area contributed by atoms with Gasteiger partial charge in [-0.05, 0) is 18.2 Å². The Kier molecular flexibility index (Phi) is 4.47. The van der Waals surface area contributed by atoms with E-state index in [1.54, 1.807) is 6.07 Å². The van der Waals surface area contributed by atoms with Crippen LogP contribution in [-0.4, -0.2) is 13.1 Å². The molecule has 0 saturated carbocycles. The van der Waals surface area contributed by atoms with Crippen LogP contribution in [0.2, 0.25) is 0 Å². The van der Waals surface area contributed by atoms with Crippen molar-refractivity contribution >= 4 is 11.7 Å². The second-order valence-corrected chi connectivity index (χ2v) is 4.23. The van der Waals surface area contributed by atoms with Gasteiger partial charge in [0.05, 0.1) is 18.4 Å². The number of hydrogen-bond donors (Lipinski definition) is 1. The second kappa shape index (κ2) is 6.30. The molecule has 0 aliphatic heterocycles. The summed E-state index contributed by atoms with van der Waals surface area (Å²) in [5.74, 6) is -3.93. The zero-order valence-electron chi connectivity index (χ0n) is 11.1. The molecule has 3 nitrogen and oxygen atoms in total. The molecule has 2 aromatic carbocycles. The highest BCUT2D eigenvalue weighted by Gasteiger charge is 2.19. The molecular weight excluding hydrogens is 283 g/mol. The van der Waals surface area contributed by atoms with E-state index in [0.29, 0.717) is 5.56 Å². The largest absolute Gasteiger partial charge is 0.465 e. The first-order valence-electron chi connectivity index (χ1n) is 6.08. The number of esters is 1. The Labute approximate surface area is 119 Å². The zero-order chi connectivity index (χ0) is 15.4. The van der Waals surface area contributed by atoms with Gasteiger partial charge in [0.15, 0.2) is 11.6 Å². The maximum absolute atomic E-state index is 13.8. The first-order chi connectivity index (χ1) is 10.0. The lowest BCUT2D eigenvalue weighted by molar-refractivity contribution is 0.0594. The number of ether oxygens (including phenoxy) is 1. The molecule has 0 aliphatic rings. The first-order valence-corrected chi connectivity index (χ1v) is 6.08. The van der Waals surface area contributed by atoms with E-state index in [1.165, 1.54) is 24.3 Å². The van der Waals surface area contributed by atoms with Gasteiger partial charge in [-0.1, -0.05) is 18.2 Å². The van der Waals surface area contributed by atoms with Crippen molar-refractivity contribution in [1.29, 1.82) is 0 Å². The molecule has 2 rings (SSSR count). The van der Waals surface area contributed by atoms with E-state index in [4.69, 9.17) is 0 Å². The minimum Gasteiger partial charge on any atom is -0.465 e. The van der Waals surface area contributed by atoms with Crippen molar-refractivity contribution in [2.75, 3.05) is 12.4 Å². The molecule has 0 heterocycles. The highest BCUT2D eigenvalue weighted by molar-refractivity contribution is 5.90. The van der Waals surface area contributed by atoms with Crippen LogP contribution >= 0.6 is 0 Å². The van der Waals surface area contributed by atoms with Crippen LogP contribution in [0.15, 0.2) is 36.4 Å². The molecule has 2 aromatic rings. The van der Waals surface area contributed by atoms with E-state index in [9.17, 15) is 18.0 Å². The van der Waals surface area contributed by atoms with E-state index >= 15 is 0 Å². The Morgan fingerprint density at radius 2 is 1.81 bits per heavy atom. The van der Waals surface area contributed by atoms with Crippen molar-refractivity contribution < 1.29 is 22.7 Å². The molecule has 0 radical (unpaired) electrons. The second-order valence-electron chi connectivity index (χ2n) is 4.23. The lowest BCUT2D eigenvalue weighted by Crippen LogP contribution is -2.09. The van der Waals surface area contributed by atoms with E-state index in [0.717, 1.165) is 13.2 Å². The SMILES string of the molecule is COC(=O)c1ccc(NCc2ccccc2F)c(F)c1F. The minimum atomic E-state index is -1.31. The number of methoxy groups -OCH3 is 1. The van der Waals surface area contributed by atoms with Gasteiger partial charge >= 0.3 is 5.97 Å². The molecule has 0 aromatic heterocycles. The summed E-state index contributed by atoms with van der Waals surface area (Å²) in [6, 6.07) is 8.27. The number of halogens is 3. The van der Waals surface area contributed by atoms with Crippen LogP contribution in [0.1, 0.15) is 15.9 Å². The minimum absolute atomic E-state index is 0.0133. The standard InChI is InChI=1S/C15H12F3NO2/c1-21-15(20)10-6-7-12(14(18)13(10)17)19-8-9-4-2-3-5-11(9)16/h2-7,19H,8H2,1H3. The van der Waals surface area contributed by atoms with Crippen molar-refractivity contribution in [3.63, 3.8) is 0 Å². The molecule has 1 N–H and O–H groups in total. The fraction of sp³-hybridized carbons (Fsp3) is 0.133. The van der Waals surface area contributed by atoms with Gasteiger partial charge < -0.3 is 10.1 Å². The monoisotopic (exact) mass is 295 g/mol. The van der Waals surface area contributed by atoms with Crippen molar-refractivity contribution in [2.24, 2.45) is 0 Å². The summed E-state index contributed by atoms with van der Waals surface area (Å²) in [6.45, 7) is -0.0133. The van der Waals surface area contributed by atoms with Crippen molar-refractivity contribution in [3.8, 4) is 0 Å². The van der Waals surface area contributed by atoms with Gasteiger partial charge in [0.1, 0.15) is 5.82 Å². The highest BCUT2D eigenvalue weighted by atomic mass is 19.2. The quantitative estimate of drug-likeness (QED) is 0.877. The lowest BCUT2D eigenvalue weighted by Gasteiger charge is -2.10. The molecular formula is C15H12F3NO2. The predicted octanol–water partition coefficient (Wildman–Crippen LogP) is 3.50. The normalized spacial score (nSPS) is 10.3. The molecule has 6 heteroatoms. The molecule has 0 amide bonds. The number of hydrogen-bond acceptors (Lipinski definition) is 3. The number of rotatable bonds is 4. The molecule has 0 saturated heterocycles. The van der Waals surface area contributed by atoms with Crippen LogP contribution < -0.4 is 5.32 Å². The van der Waals surface area contributed by atoms with Crippen LogP contribution in [-0.2, 0) is 11.3 Å². The molecule has 0 spiro atoms. The lowest BCUT2D eigenvalue weighted by atomic mass is 10.1. The summed E-state index contributed by atoms with van der Waals surface area (Å²) in [4.78, 5) is 11.2. The number of anilines is 1. The molecule has 0 aliphatic carbocycles. The molecule has 110 valence electrons. The summed E-state index contributed by atoms with van der Waals surface area (Å²) in [6.07, 6.45) is 0. The molecule has 0 bridgehead atoms. The van der Waals surface area contributed by atoms with Crippen LogP contribution in [0.25, 0.3) is 0 Å². The van der Waals surface area contributed by atoms with E-state index in [2.05, 4.69) is 10.1 Å². The zero-order valence-corrected chi connectivity index (χ0v) is 11.1. The van der Waals surface area contributed by atoms with Gasteiger partial charge in [-0.25, -0.2) is 18.0 Å². The number of carbonyl (C=O) groups is 1. The molecule has 0 unspecified atom stereocenters. The number of carbonyl (C=O) groups excluding carboxylic acids is 1. The molecule has 0 atom stereocenters. The maximum Gasteiger partial charge on any atom is 0.340 e. The molecule has 0 fully saturated rings.